The minimum Gasteiger partial charge on any atom is -0.469 e. The van der Waals surface area contributed by atoms with Crippen molar-refractivity contribution in [3.05, 3.63) is 82.5 Å². The predicted molar refractivity (Wildman–Crippen MR) is 87.2 cm³/mol. The van der Waals surface area contributed by atoms with Gasteiger partial charge in [-0.25, -0.2) is 0 Å². The summed E-state index contributed by atoms with van der Waals surface area (Å²) in [5.41, 5.74) is 1.28. The van der Waals surface area contributed by atoms with E-state index in [4.69, 9.17) is 4.42 Å². The molecule has 0 radical (unpaired) electrons. The zero-order valence-corrected chi connectivity index (χ0v) is 12.4. The molecule has 0 saturated heterocycles. The van der Waals surface area contributed by atoms with Crippen LogP contribution in [0.5, 0.6) is 0 Å². The summed E-state index contributed by atoms with van der Waals surface area (Å²) in [5, 5.41) is 2.72. The average Bonchev–Trinajstić information content (AvgIpc) is 3.09. The molecular formula is C18H16N2O3. The number of nitrogens with one attached hydrogen (secondary N) is 2. The van der Waals surface area contributed by atoms with Crippen LogP contribution in [0, 0.1) is 0 Å². The molecule has 1 amide bonds. The molecule has 116 valence electrons. The highest BCUT2D eigenvalue weighted by Gasteiger charge is 2.11. The van der Waals surface area contributed by atoms with Crippen LogP contribution in [0.15, 0.2) is 70.1 Å². The summed E-state index contributed by atoms with van der Waals surface area (Å²) in [6.45, 7) is 0.409. The molecule has 1 aromatic carbocycles. The van der Waals surface area contributed by atoms with Gasteiger partial charge in [0.2, 0.25) is 0 Å². The van der Waals surface area contributed by atoms with E-state index in [0.717, 1.165) is 11.3 Å². The van der Waals surface area contributed by atoms with Crippen molar-refractivity contribution in [2.24, 2.45) is 0 Å². The third-order valence-electron chi connectivity index (χ3n) is 3.48. The number of benzene rings is 1. The van der Waals surface area contributed by atoms with Crippen LogP contribution in [0.4, 0.5) is 0 Å². The first kappa shape index (κ1) is 14.8. The lowest BCUT2D eigenvalue weighted by atomic mass is 10.1. The molecule has 0 aliphatic carbocycles. The van der Waals surface area contributed by atoms with E-state index in [0.29, 0.717) is 18.7 Å². The van der Waals surface area contributed by atoms with Crippen molar-refractivity contribution in [3.63, 3.8) is 0 Å². The number of furan rings is 1. The van der Waals surface area contributed by atoms with Crippen LogP contribution in [-0.4, -0.2) is 17.4 Å². The minimum absolute atomic E-state index is 0.101. The highest BCUT2D eigenvalue weighted by Crippen LogP contribution is 2.14. The fourth-order valence-corrected chi connectivity index (χ4v) is 2.29. The van der Waals surface area contributed by atoms with Crippen LogP contribution >= 0.6 is 0 Å². The Bertz CT molecular complexity index is 836. The lowest BCUT2D eigenvalue weighted by Crippen LogP contribution is -2.31. The number of carbonyl (C=O) groups is 1. The number of hydrogen-bond donors (Lipinski definition) is 2. The van der Waals surface area contributed by atoms with Crippen molar-refractivity contribution >= 4 is 5.91 Å². The van der Waals surface area contributed by atoms with Gasteiger partial charge in [0.15, 0.2) is 0 Å². The largest absolute Gasteiger partial charge is 0.469 e. The molecule has 0 fully saturated rings. The summed E-state index contributed by atoms with van der Waals surface area (Å²) >= 11 is 0. The molecule has 3 aromatic rings. The van der Waals surface area contributed by atoms with E-state index in [9.17, 15) is 9.59 Å². The SMILES string of the molecule is O=C(NCCc1ccco1)c1ccc(-c2ccccc2)[nH]c1=O. The van der Waals surface area contributed by atoms with Crippen LogP contribution < -0.4 is 10.9 Å². The maximum atomic E-state index is 12.1. The van der Waals surface area contributed by atoms with Gasteiger partial charge in [0.25, 0.3) is 11.5 Å². The number of aromatic amines is 1. The van der Waals surface area contributed by atoms with Crippen LogP contribution in [0.1, 0.15) is 16.1 Å². The molecule has 3 rings (SSSR count). The van der Waals surface area contributed by atoms with Gasteiger partial charge >= 0.3 is 0 Å². The van der Waals surface area contributed by atoms with E-state index in [-0.39, 0.29) is 5.56 Å². The monoisotopic (exact) mass is 308 g/mol. The third kappa shape index (κ3) is 3.58. The van der Waals surface area contributed by atoms with Crippen LogP contribution in [0.2, 0.25) is 0 Å². The van der Waals surface area contributed by atoms with Gasteiger partial charge in [-0.05, 0) is 29.8 Å². The molecule has 0 atom stereocenters. The first-order chi connectivity index (χ1) is 11.2. The number of aromatic nitrogens is 1. The smallest absolute Gasteiger partial charge is 0.261 e. The number of H-pyrrole nitrogens is 1. The van der Waals surface area contributed by atoms with Gasteiger partial charge in [-0.2, -0.15) is 0 Å². The predicted octanol–water partition coefficient (Wildman–Crippen LogP) is 2.61. The molecule has 5 heteroatoms. The quantitative estimate of drug-likeness (QED) is 0.761. The molecule has 0 bridgehead atoms. The minimum atomic E-state index is -0.401. The van der Waals surface area contributed by atoms with Crippen molar-refractivity contribution in [1.82, 2.24) is 10.3 Å². The molecule has 0 aliphatic rings. The second kappa shape index (κ2) is 6.79. The highest BCUT2D eigenvalue weighted by atomic mass is 16.3. The van der Waals surface area contributed by atoms with E-state index in [1.54, 1.807) is 24.5 Å². The van der Waals surface area contributed by atoms with Crippen molar-refractivity contribution < 1.29 is 9.21 Å². The number of rotatable bonds is 5. The van der Waals surface area contributed by atoms with Gasteiger partial charge in [0.05, 0.1) is 6.26 Å². The van der Waals surface area contributed by atoms with Crippen LogP contribution in [-0.2, 0) is 6.42 Å². The Kier molecular flexibility index (Phi) is 4.38. The Morgan fingerprint density at radius 1 is 1.04 bits per heavy atom. The molecule has 23 heavy (non-hydrogen) atoms. The lowest BCUT2D eigenvalue weighted by molar-refractivity contribution is 0.0952. The lowest BCUT2D eigenvalue weighted by Gasteiger charge is -2.05. The Balaban J connectivity index is 1.68. The maximum Gasteiger partial charge on any atom is 0.261 e. The number of amides is 1. The molecule has 0 spiro atoms. The molecule has 5 nitrogen and oxygen atoms in total. The Morgan fingerprint density at radius 3 is 2.57 bits per heavy atom. The summed E-state index contributed by atoms with van der Waals surface area (Å²) in [5.74, 6) is 0.399. The van der Waals surface area contributed by atoms with Crippen molar-refractivity contribution in [1.29, 1.82) is 0 Å². The summed E-state index contributed by atoms with van der Waals surface area (Å²) in [4.78, 5) is 26.9. The molecule has 2 heterocycles. The fourth-order valence-electron chi connectivity index (χ4n) is 2.29. The highest BCUT2D eigenvalue weighted by molar-refractivity contribution is 5.94. The standard InChI is InChI=1S/C18H16N2O3/c21-17(19-11-10-14-7-4-12-23-14)15-8-9-16(20-18(15)22)13-5-2-1-3-6-13/h1-9,12H,10-11H2,(H,19,21)(H,20,22). The average molecular weight is 308 g/mol. The van der Waals surface area contributed by atoms with E-state index in [1.165, 1.54) is 0 Å². The molecule has 0 unspecified atom stereocenters. The fraction of sp³-hybridized carbons (Fsp3) is 0.111. The molecule has 2 aromatic heterocycles. The summed E-state index contributed by atoms with van der Waals surface area (Å²) in [6, 6.07) is 16.4. The molecule has 0 saturated carbocycles. The van der Waals surface area contributed by atoms with Gasteiger partial charge in [0.1, 0.15) is 11.3 Å². The Labute approximate surface area is 133 Å². The Hall–Kier alpha value is -3.08. The maximum absolute atomic E-state index is 12.1. The van der Waals surface area contributed by atoms with Gasteiger partial charge in [-0.1, -0.05) is 30.3 Å². The second-order valence-corrected chi connectivity index (χ2v) is 5.07. The van der Waals surface area contributed by atoms with Gasteiger partial charge in [0, 0.05) is 18.7 Å². The van der Waals surface area contributed by atoms with Gasteiger partial charge < -0.3 is 14.7 Å². The van der Waals surface area contributed by atoms with E-state index in [2.05, 4.69) is 10.3 Å². The zero-order valence-electron chi connectivity index (χ0n) is 12.4. The summed E-state index contributed by atoms with van der Waals surface area (Å²) in [7, 11) is 0. The zero-order chi connectivity index (χ0) is 16.1. The molecule has 0 aliphatic heterocycles. The summed E-state index contributed by atoms with van der Waals surface area (Å²) in [6.07, 6.45) is 2.17. The van der Waals surface area contributed by atoms with Crippen molar-refractivity contribution in [2.75, 3.05) is 6.54 Å². The molecule has 2 N–H and O–H groups in total. The summed E-state index contributed by atoms with van der Waals surface area (Å²) < 4.78 is 5.19. The second-order valence-electron chi connectivity index (χ2n) is 5.07. The van der Waals surface area contributed by atoms with Crippen LogP contribution in [0.3, 0.4) is 0 Å². The van der Waals surface area contributed by atoms with E-state index in [1.807, 2.05) is 36.4 Å². The molecular weight excluding hydrogens is 292 g/mol. The number of hydrogen-bond acceptors (Lipinski definition) is 3. The van der Waals surface area contributed by atoms with E-state index >= 15 is 0 Å². The third-order valence-corrected chi connectivity index (χ3v) is 3.48. The van der Waals surface area contributed by atoms with Gasteiger partial charge in [-0.3, -0.25) is 9.59 Å². The topological polar surface area (TPSA) is 75.1 Å². The van der Waals surface area contributed by atoms with Crippen molar-refractivity contribution in [2.45, 2.75) is 6.42 Å². The van der Waals surface area contributed by atoms with E-state index < -0.39 is 11.5 Å². The van der Waals surface area contributed by atoms with Crippen LogP contribution in [0.25, 0.3) is 11.3 Å². The Morgan fingerprint density at radius 2 is 1.87 bits per heavy atom. The normalized spacial score (nSPS) is 10.4. The van der Waals surface area contributed by atoms with Crippen molar-refractivity contribution in [3.8, 4) is 11.3 Å². The van der Waals surface area contributed by atoms with Gasteiger partial charge in [-0.15, -0.1) is 0 Å². The first-order valence-corrected chi connectivity index (χ1v) is 7.33. The number of carbonyl (C=O) groups excluding carboxylic acids is 1. The first-order valence-electron chi connectivity index (χ1n) is 7.33. The number of pyridine rings is 1.